The van der Waals surface area contributed by atoms with Gasteiger partial charge in [0.25, 0.3) is 5.91 Å². The van der Waals surface area contributed by atoms with Crippen LogP contribution in [-0.2, 0) is 20.7 Å². The molecular formula is C25H26N4O4. The first-order chi connectivity index (χ1) is 16.0. The Hall–Kier alpha value is -3.65. The minimum atomic E-state index is -0.739. The van der Waals surface area contributed by atoms with Gasteiger partial charge in [-0.15, -0.1) is 0 Å². The summed E-state index contributed by atoms with van der Waals surface area (Å²) < 4.78 is 4.95. The maximum Gasteiger partial charge on any atom is 0.255 e. The molecule has 0 fully saturated rings. The summed E-state index contributed by atoms with van der Waals surface area (Å²) in [5.74, 6) is -0.805. The van der Waals surface area contributed by atoms with Crippen LogP contribution in [0.15, 0.2) is 48.5 Å². The normalized spacial score (nSPS) is 19.6. The molecule has 3 N–H and O–H groups in total. The summed E-state index contributed by atoms with van der Waals surface area (Å²) in [4.78, 5) is 44.4. The Bertz CT molecular complexity index is 1250. The lowest BCUT2D eigenvalue weighted by Gasteiger charge is -2.37. The number of carbonyl (C=O) groups is 3. The Balaban J connectivity index is 1.50. The molecule has 0 bridgehead atoms. The number of amides is 3. The molecule has 3 heterocycles. The topological polar surface area (TPSA) is 104 Å². The van der Waals surface area contributed by atoms with Crippen LogP contribution in [0.5, 0.6) is 0 Å². The molecule has 3 aromatic rings. The summed E-state index contributed by atoms with van der Waals surface area (Å²) in [5.41, 5.74) is 4.46. The van der Waals surface area contributed by atoms with E-state index >= 15 is 0 Å². The smallest absolute Gasteiger partial charge is 0.255 e. The summed E-state index contributed by atoms with van der Waals surface area (Å²) in [6.07, 6.45) is 0.374. The molecule has 2 aliphatic rings. The van der Waals surface area contributed by atoms with Crippen LogP contribution < -0.4 is 10.6 Å². The number of methoxy groups -OCH3 is 1. The Morgan fingerprint density at radius 1 is 1.18 bits per heavy atom. The number of aromatic nitrogens is 1. The molecule has 0 radical (unpaired) electrons. The SMILES string of the molecule is COCCNC(=O)C(C)NC(=O)C1Cc2c([nH]c3ccccc23)C2c3ccccc3C(=O)N12. The van der Waals surface area contributed by atoms with E-state index in [2.05, 4.69) is 15.6 Å². The quantitative estimate of drug-likeness (QED) is 0.503. The number of rotatable bonds is 6. The second kappa shape index (κ2) is 8.37. The van der Waals surface area contributed by atoms with Crippen LogP contribution in [0.3, 0.4) is 0 Å². The molecule has 3 atom stereocenters. The average molecular weight is 447 g/mol. The fourth-order valence-electron chi connectivity index (χ4n) is 4.94. The summed E-state index contributed by atoms with van der Waals surface area (Å²) in [6, 6.07) is 13.6. The second-order valence-electron chi connectivity index (χ2n) is 8.50. The highest BCUT2D eigenvalue weighted by Gasteiger charge is 2.49. The molecular weight excluding hydrogens is 420 g/mol. The number of para-hydroxylation sites is 1. The van der Waals surface area contributed by atoms with Gasteiger partial charge >= 0.3 is 0 Å². The number of benzene rings is 2. The van der Waals surface area contributed by atoms with Crippen LogP contribution >= 0.6 is 0 Å². The van der Waals surface area contributed by atoms with Crippen molar-refractivity contribution in [1.29, 1.82) is 0 Å². The largest absolute Gasteiger partial charge is 0.383 e. The lowest BCUT2D eigenvalue weighted by Crippen LogP contribution is -2.56. The maximum absolute atomic E-state index is 13.4. The van der Waals surface area contributed by atoms with Crippen LogP contribution in [-0.4, -0.2) is 60.0 Å². The molecule has 0 saturated heterocycles. The zero-order valence-corrected chi connectivity index (χ0v) is 18.6. The van der Waals surface area contributed by atoms with Gasteiger partial charge in [-0.05, 0) is 30.2 Å². The lowest BCUT2D eigenvalue weighted by molar-refractivity contribution is -0.131. The van der Waals surface area contributed by atoms with E-state index < -0.39 is 12.1 Å². The summed E-state index contributed by atoms with van der Waals surface area (Å²) in [6.45, 7) is 2.39. The van der Waals surface area contributed by atoms with Gasteiger partial charge in [0.05, 0.1) is 12.6 Å². The van der Waals surface area contributed by atoms with Gasteiger partial charge in [0.2, 0.25) is 11.8 Å². The van der Waals surface area contributed by atoms with E-state index in [9.17, 15) is 14.4 Å². The summed E-state index contributed by atoms with van der Waals surface area (Å²) in [5, 5.41) is 6.59. The van der Waals surface area contributed by atoms with E-state index in [-0.39, 0.29) is 23.8 Å². The van der Waals surface area contributed by atoms with Gasteiger partial charge in [0.1, 0.15) is 12.1 Å². The molecule has 0 aliphatic carbocycles. The van der Waals surface area contributed by atoms with Gasteiger partial charge in [-0.25, -0.2) is 0 Å². The van der Waals surface area contributed by atoms with Crippen LogP contribution in [0.2, 0.25) is 0 Å². The van der Waals surface area contributed by atoms with Crippen molar-refractivity contribution in [2.45, 2.75) is 31.5 Å². The maximum atomic E-state index is 13.4. The zero-order chi connectivity index (χ0) is 23.1. The standard InChI is InChI=1S/C25H26N4O4/c1-14(23(30)26-11-12-33-2)27-24(31)20-13-18-15-7-5-6-10-19(15)28-21(18)22-16-8-3-4-9-17(16)25(32)29(20)22/h3-10,14,20,22,28H,11-13H2,1-2H3,(H,26,30)(H,27,31). The van der Waals surface area contributed by atoms with E-state index in [0.29, 0.717) is 25.1 Å². The van der Waals surface area contributed by atoms with E-state index in [1.807, 2.05) is 42.5 Å². The van der Waals surface area contributed by atoms with Crippen molar-refractivity contribution in [3.63, 3.8) is 0 Å². The third-order valence-electron chi connectivity index (χ3n) is 6.51. The van der Waals surface area contributed by atoms with Gasteiger partial charge in [0.15, 0.2) is 0 Å². The van der Waals surface area contributed by atoms with Crippen LogP contribution in [0.25, 0.3) is 10.9 Å². The molecule has 3 unspecified atom stereocenters. The second-order valence-corrected chi connectivity index (χ2v) is 8.50. The van der Waals surface area contributed by atoms with Crippen LogP contribution in [0.4, 0.5) is 0 Å². The highest BCUT2D eigenvalue weighted by Crippen LogP contribution is 2.46. The number of fused-ring (bicyclic) bond motifs is 7. The molecule has 0 spiro atoms. The van der Waals surface area contributed by atoms with Crippen molar-refractivity contribution in [2.75, 3.05) is 20.3 Å². The minimum absolute atomic E-state index is 0.169. The number of nitrogens with zero attached hydrogens (tertiary/aromatic N) is 1. The van der Waals surface area contributed by atoms with Crippen molar-refractivity contribution in [1.82, 2.24) is 20.5 Å². The van der Waals surface area contributed by atoms with Gasteiger partial charge in [-0.2, -0.15) is 0 Å². The van der Waals surface area contributed by atoms with Gasteiger partial charge in [-0.1, -0.05) is 36.4 Å². The molecule has 1 aromatic heterocycles. The Kier molecular flexibility index (Phi) is 5.38. The molecule has 2 aliphatic heterocycles. The first-order valence-corrected chi connectivity index (χ1v) is 11.1. The molecule has 5 rings (SSSR count). The predicted octanol–water partition coefficient (Wildman–Crippen LogP) is 1.91. The molecule has 8 heteroatoms. The van der Waals surface area contributed by atoms with E-state index in [1.54, 1.807) is 25.0 Å². The Labute approximate surface area is 191 Å². The number of aromatic amines is 1. The van der Waals surface area contributed by atoms with E-state index in [0.717, 1.165) is 27.7 Å². The van der Waals surface area contributed by atoms with Crippen LogP contribution in [0.1, 0.15) is 40.1 Å². The Morgan fingerprint density at radius 2 is 1.94 bits per heavy atom. The predicted molar refractivity (Wildman–Crippen MR) is 123 cm³/mol. The van der Waals surface area contributed by atoms with Crippen LogP contribution in [0, 0.1) is 0 Å². The zero-order valence-electron chi connectivity index (χ0n) is 18.6. The average Bonchev–Trinajstić information content (AvgIpc) is 3.34. The van der Waals surface area contributed by atoms with Crippen molar-refractivity contribution in [2.24, 2.45) is 0 Å². The monoisotopic (exact) mass is 446 g/mol. The molecule has 33 heavy (non-hydrogen) atoms. The highest BCUT2D eigenvalue weighted by molar-refractivity contribution is 6.04. The van der Waals surface area contributed by atoms with Gasteiger partial charge < -0.3 is 25.3 Å². The fourth-order valence-corrected chi connectivity index (χ4v) is 4.94. The molecule has 170 valence electrons. The third-order valence-corrected chi connectivity index (χ3v) is 6.51. The van der Waals surface area contributed by atoms with E-state index in [4.69, 9.17) is 4.74 Å². The number of hydrogen-bond acceptors (Lipinski definition) is 4. The fraction of sp³-hybridized carbons (Fsp3) is 0.320. The number of H-pyrrole nitrogens is 1. The molecule has 3 amide bonds. The third kappa shape index (κ3) is 3.47. The number of carbonyl (C=O) groups excluding carboxylic acids is 3. The Morgan fingerprint density at radius 3 is 2.76 bits per heavy atom. The highest BCUT2D eigenvalue weighted by atomic mass is 16.5. The lowest BCUT2D eigenvalue weighted by atomic mass is 9.90. The first kappa shape index (κ1) is 21.2. The number of nitrogens with one attached hydrogen (secondary N) is 3. The van der Waals surface area contributed by atoms with Crippen molar-refractivity contribution >= 4 is 28.6 Å². The molecule has 2 aromatic carbocycles. The van der Waals surface area contributed by atoms with Gasteiger partial charge in [-0.3, -0.25) is 14.4 Å². The van der Waals surface area contributed by atoms with E-state index in [1.165, 1.54) is 0 Å². The number of ether oxygens (including phenoxy) is 1. The van der Waals surface area contributed by atoms with Crippen molar-refractivity contribution in [3.8, 4) is 0 Å². The van der Waals surface area contributed by atoms with Crippen molar-refractivity contribution in [3.05, 3.63) is 70.9 Å². The van der Waals surface area contributed by atoms with Gasteiger partial charge in [0, 0.05) is 42.2 Å². The molecule has 0 saturated carbocycles. The summed E-state index contributed by atoms with van der Waals surface area (Å²) in [7, 11) is 1.56. The minimum Gasteiger partial charge on any atom is -0.383 e. The first-order valence-electron chi connectivity index (χ1n) is 11.1. The van der Waals surface area contributed by atoms with Crippen molar-refractivity contribution < 1.29 is 19.1 Å². The summed E-state index contributed by atoms with van der Waals surface area (Å²) >= 11 is 0. The number of hydrogen-bond donors (Lipinski definition) is 3. The molecule has 8 nitrogen and oxygen atoms in total.